The topological polar surface area (TPSA) is 59.3 Å². The van der Waals surface area contributed by atoms with Crippen LogP contribution in [0.15, 0.2) is 46.5 Å². The fraction of sp³-hybridized carbons (Fsp3) is 0.267. The number of nitrogens with one attached hydrogen (secondary N) is 1. The van der Waals surface area contributed by atoms with Gasteiger partial charge in [-0.3, -0.25) is 9.48 Å². The van der Waals surface area contributed by atoms with Gasteiger partial charge in [0.15, 0.2) is 0 Å². The van der Waals surface area contributed by atoms with Crippen molar-refractivity contribution in [3.8, 4) is 0 Å². The molecule has 1 heterocycles. The van der Waals surface area contributed by atoms with E-state index in [2.05, 4.69) is 15.6 Å². The summed E-state index contributed by atoms with van der Waals surface area (Å²) < 4.78 is 37.4. The number of nitrogens with zero attached hydrogens (tertiary/aromatic N) is 3. The minimum Gasteiger partial charge on any atom is -0.272 e. The average molecular weight is 356 g/mol. The molecule has 0 saturated heterocycles. The van der Waals surface area contributed by atoms with Crippen LogP contribution in [-0.2, 0) is 11.3 Å². The summed E-state index contributed by atoms with van der Waals surface area (Å²) in [6.45, 7) is 0.812. The molecule has 0 unspecified atom stereocenters. The van der Waals surface area contributed by atoms with Gasteiger partial charge in [-0.15, -0.1) is 11.8 Å². The maximum atomic E-state index is 12.2. The lowest BCUT2D eigenvalue weighted by Gasteiger charge is -2.04. The molecule has 0 aliphatic carbocycles. The van der Waals surface area contributed by atoms with Gasteiger partial charge in [0.2, 0.25) is 5.91 Å². The molecule has 0 fully saturated rings. The molecule has 1 amide bonds. The van der Waals surface area contributed by atoms with Gasteiger partial charge >= 0.3 is 6.18 Å². The number of thioether (sulfide) groups is 1. The lowest BCUT2D eigenvalue weighted by Crippen LogP contribution is -2.20. The zero-order chi connectivity index (χ0) is 17.6. The molecule has 1 aromatic carbocycles. The number of hydrogen-bond acceptors (Lipinski definition) is 4. The van der Waals surface area contributed by atoms with E-state index in [0.717, 1.165) is 15.1 Å². The zero-order valence-electron chi connectivity index (χ0n) is 12.7. The molecule has 24 heavy (non-hydrogen) atoms. The maximum Gasteiger partial charge on any atom is 0.408 e. The Kier molecular flexibility index (Phi) is 6.02. The van der Waals surface area contributed by atoms with E-state index >= 15 is 0 Å². The van der Waals surface area contributed by atoms with E-state index in [1.54, 1.807) is 0 Å². The normalized spacial score (nSPS) is 11.8. The van der Waals surface area contributed by atoms with E-state index in [1.165, 1.54) is 30.2 Å². The first-order valence-corrected chi connectivity index (χ1v) is 7.92. The molecular weight excluding hydrogens is 341 g/mol. The highest BCUT2D eigenvalue weighted by atomic mass is 32.2. The molecule has 0 atom stereocenters. The number of rotatable bonds is 6. The predicted molar refractivity (Wildman–Crippen MR) is 85.9 cm³/mol. The van der Waals surface area contributed by atoms with Crippen LogP contribution in [0.5, 0.6) is 0 Å². The largest absolute Gasteiger partial charge is 0.408 e. The maximum absolute atomic E-state index is 12.2. The molecule has 0 aliphatic heterocycles. The summed E-state index contributed by atoms with van der Waals surface area (Å²) in [5.41, 5.74) is 3.67. The number of hydrazone groups is 1. The quantitative estimate of drug-likeness (QED) is 0.492. The van der Waals surface area contributed by atoms with E-state index in [-0.39, 0.29) is 17.4 Å². The van der Waals surface area contributed by atoms with Gasteiger partial charge in [0.25, 0.3) is 0 Å². The van der Waals surface area contributed by atoms with Crippen molar-refractivity contribution in [1.82, 2.24) is 15.2 Å². The summed E-state index contributed by atoms with van der Waals surface area (Å²) in [5, 5.41) is 7.37. The monoisotopic (exact) mass is 356 g/mol. The van der Waals surface area contributed by atoms with Crippen LogP contribution in [0.3, 0.4) is 0 Å². The molecule has 2 rings (SSSR count). The van der Waals surface area contributed by atoms with Crippen LogP contribution in [0.2, 0.25) is 0 Å². The lowest BCUT2D eigenvalue weighted by atomic mass is 10.2. The molecule has 2 aromatic rings. The van der Waals surface area contributed by atoms with Gasteiger partial charge in [-0.2, -0.15) is 23.4 Å². The van der Waals surface area contributed by atoms with Gasteiger partial charge < -0.3 is 0 Å². The number of halogens is 3. The number of alkyl halides is 3. The predicted octanol–water partition coefficient (Wildman–Crippen LogP) is 3.00. The number of amides is 1. The van der Waals surface area contributed by atoms with Crippen molar-refractivity contribution in [2.24, 2.45) is 5.10 Å². The summed E-state index contributed by atoms with van der Waals surface area (Å²) in [6, 6.07) is 9.13. The highest BCUT2D eigenvalue weighted by Crippen LogP contribution is 2.18. The minimum atomic E-state index is -4.33. The molecular formula is C15H15F3N4OS. The van der Waals surface area contributed by atoms with Gasteiger partial charge in [-0.1, -0.05) is 17.7 Å². The van der Waals surface area contributed by atoms with Crippen molar-refractivity contribution in [2.45, 2.75) is 24.5 Å². The van der Waals surface area contributed by atoms with E-state index in [4.69, 9.17) is 0 Å². The molecule has 0 spiro atoms. The molecule has 1 N–H and O–H groups in total. The smallest absolute Gasteiger partial charge is 0.272 e. The number of carbonyl (C=O) groups is 1. The molecule has 5 nitrogen and oxygen atoms in total. The molecule has 0 radical (unpaired) electrons. The number of carbonyl (C=O) groups excluding carboxylic acids is 1. The summed E-state index contributed by atoms with van der Waals surface area (Å²) in [6.07, 6.45) is -1.94. The van der Waals surface area contributed by atoms with Gasteiger partial charge in [-0.05, 0) is 25.1 Å². The first-order valence-electron chi connectivity index (χ1n) is 6.93. The van der Waals surface area contributed by atoms with Gasteiger partial charge in [0.05, 0.1) is 12.0 Å². The van der Waals surface area contributed by atoms with E-state index in [9.17, 15) is 18.0 Å². The summed E-state index contributed by atoms with van der Waals surface area (Å²) in [7, 11) is 0. The number of aromatic nitrogens is 2. The third-order valence-electron chi connectivity index (χ3n) is 2.78. The van der Waals surface area contributed by atoms with Crippen LogP contribution in [0.25, 0.3) is 0 Å². The lowest BCUT2D eigenvalue weighted by molar-refractivity contribution is -0.142. The molecule has 0 aliphatic rings. The Balaban J connectivity index is 1.77. The summed E-state index contributed by atoms with van der Waals surface area (Å²) in [4.78, 5) is 12.6. The molecule has 1 aromatic heterocycles. The molecule has 0 bridgehead atoms. The third kappa shape index (κ3) is 6.45. The van der Waals surface area contributed by atoms with Gasteiger partial charge in [0.1, 0.15) is 12.2 Å². The first-order chi connectivity index (χ1) is 11.3. The van der Waals surface area contributed by atoms with Crippen LogP contribution < -0.4 is 5.43 Å². The Labute approximate surface area is 140 Å². The van der Waals surface area contributed by atoms with Crippen molar-refractivity contribution < 1.29 is 18.0 Å². The van der Waals surface area contributed by atoms with Crippen LogP contribution in [0.4, 0.5) is 13.2 Å². The second-order valence-corrected chi connectivity index (χ2v) is 6.00. The fourth-order valence-corrected chi connectivity index (χ4v) is 2.39. The third-order valence-corrected chi connectivity index (χ3v) is 3.79. The van der Waals surface area contributed by atoms with Crippen molar-refractivity contribution in [1.29, 1.82) is 0 Å². The SMILES string of the molecule is Cc1ccc(SCC(=O)NN=Cc2ccn(CC(F)(F)F)n2)cc1. The average Bonchev–Trinajstić information content (AvgIpc) is 2.92. The fourth-order valence-electron chi connectivity index (χ4n) is 1.70. The molecule has 9 heteroatoms. The summed E-state index contributed by atoms with van der Waals surface area (Å²) in [5.74, 6) is -0.130. The highest BCUT2D eigenvalue weighted by molar-refractivity contribution is 8.00. The zero-order valence-corrected chi connectivity index (χ0v) is 13.6. The highest BCUT2D eigenvalue weighted by Gasteiger charge is 2.28. The molecule has 128 valence electrons. The Morgan fingerprint density at radius 3 is 2.71 bits per heavy atom. The Hall–Kier alpha value is -2.29. The minimum absolute atomic E-state index is 0.183. The van der Waals surface area contributed by atoms with E-state index in [0.29, 0.717) is 0 Å². The Morgan fingerprint density at radius 1 is 1.33 bits per heavy atom. The van der Waals surface area contributed by atoms with Crippen LogP contribution in [-0.4, -0.2) is 33.8 Å². The van der Waals surface area contributed by atoms with Gasteiger partial charge in [-0.25, -0.2) is 5.43 Å². The van der Waals surface area contributed by atoms with Crippen molar-refractivity contribution >= 4 is 23.9 Å². The number of hydrogen-bond donors (Lipinski definition) is 1. The van der Waals surface area contributed by atoms with Crippen molar-refractivity contribution in [2.75, 3.05) is 5.75 Å². The Bertz CT molecular complexity index is 710. The van der Waals surface area contributed by atoms with E-state index in [1.807, 2.05) is 31.2 Å². The van der Waals surface area contributed by atoms with Gasteiger partial charge in [0, 0.05) is 11.1 Å². The number of benzene rings is 1. The standard InChI is InChI=1S/C15H15F3N4OS/c1-11-2-4-13(5-3-11)24-9-14(23)20-19-8-12-6-7-22(21-12)10-15(16,17)18/h2-8H,9-10H2,1H3,(H,20,23). The van der Waals surface area contributed by atoms with Crippen LogP contribution in [0.1, 0.15) is 11.3 Å². The molecule has 0 saturated carbocycles. The van der Waals surface area contributed by atoms with Crippen LogP contribution in [0, 0.1) is 6.92 Å². The van der Waals surface area contributed by atoms with Crippen LogP contribution >= 0.6 is 11.8 Å². The number of aryl methyl sites for hydroxylation is 1. The summed E-state index contributed by atoms with van der Waals surface area (Å²) >= 11 is 1.36. The van der Waals surface area contributed by atoms with Crippen molar-refractivity contribution in [3.63, 3.8) is 0 Å². The van der Waals surface area contributed by atoms with E-state index < -0.39 is 12.7 Å². The second kappa shape index (κ2) is 8.00. The second-order valence-electron chi connectivity index (χ2n) is 4.95. The van der Waals surface area contributed by atoms with Crippen molar-refractivity contribution in [3.05, 3.63) is 47.8 Å². The Morgan fingerprint density at radius 2 is 2.04 bits per heavy atom. The first kappa shape index (κ1) is 18.1.